The molecule has 0 spiro atoms. The van der Waals surface area contributed by atoms with Crippen LogP contribution in [0.4, 0.5) is 19.1 Å². The van der Waals surface area contributed by atoms with Crippen LogP contribution in [0.5, 0.6) is 0 Å². The second kappa shape index (κ2) is 5.03. The summed E-state index contributed by atoms with van der Waals surface area (Å²) in [5.74, 6) is -2.10. The molecule has 1 heterocycles. The normalized spacial score (nSPS) is 10.4. The fraction of sp³-hybridized carbons (Fsp3) is 0.167. The quantitative estimate of drug-likeness (QED) is 0.913. The number of benzene rings is 1. The van der Waals surface area contributed by atoms with Crippen LogP contribution in [-0.2, 0) is 0 Å². The van der Waals surface area contributed by atoms with Crippen LogP contribution in [0.3, 0.4) is 0 Å². The molecule has 0 aliphatic rings. The molecule has 2 rings (SSSR count). The van der Waals surface area contributed by atoms with E-state index in [2.05, 4.69) is 15.3 Å². The number of rotatable bonds is 3. The van der Waals surface area contributed by atoms with Gasteiger partial charge in [0.1, 0.15) is 17.3 Å². The Balaban J connectivity index is 2.51. The minimum Gasteiger partial charge on any atom is -0.354 e. The highest BCUT2D eigenvalue weighted by Crippen LogP contribution is 2.23. The number of aromatic nitrogens is 2. The van der Waals surface area contributed by atoms with Crippen molar-refractivity contribution < 1.29 is 13.2 Å². The molecule has 0 saturated carbocycles. The van der Waals surface area contributed by atoms with Gasteiger partial charge in [0.25, 0.3) is 0 Å². The first-order valence-corrected chi connectivity index (χ1v) is 5.33. The van der Waals surface area contributed by atoms with Gasteiger partial charge in [0, 0.05) is 18.2 Å². The van der Waals surface area contributed by atoms with Crippen molar-refractivity contribution >= 4 is 5.95 Å². The summed E-state index contributed by atoms with van der Waals surface area (Å²) in [6.45, 7) is 2.39. The minimum atomic E-state index is -0.784. The standard InChI is InChI=1S/C12H10F3N3/c1-2-16-12-17-6-10(15)11(18-12)7-3-8(13)5-9(14)4-7/h3-6H,2H2,1H3,(H,16,17,18). The van der Waals surface area contributed by atoms with Crippen LogP contribution in [0.2, 0.25) is 0 Å². The molecule has 6 heteroatoms. The SMILES string of the molecule is CCNc1ncc(F)c(-c2cc(F)cc(F)c2)n1. The van der Waals surface area contributed by atoms with Gasteiger partial charge >= 0.3 is 0 Å². The van der Waals surface area contributed by atoms with Crippen LogP contribution in [0.1, 0.15) is 6.92 Å². The Morgan fingerprint density at radius 3 is 2.39 bits per heavy atom. The molecule has 94 valence electrons. The number of halogens is 3. The Kier molecular flexibility index (Phi) is 3.45. The van der Waals surface area contributed by atoms with Crippen LogP contribution in [-0.4, -0.2) is 16.5 Å². The zero-order valence-electron chi connectivity index (χ0n) is 9.54. The van der Waals surface area contributed by atoms with Gasteiger partial charge < -0.3 is 5.32 Å². The molecule has 0 fully saturated rings. The topological polar surface area (TPSA) is 37.8 Å². The van der Waals surface area contributed by atoms with E-state index < -0.39 is 17.5 Å². The summed E-state index contributed by atoms with van der Waals surface area (Å²) in [5.41, 5.74) is -0.106. The Morgan fingerprint density at radius 1 is 1.11 bits per heavy atom. The molecule has 1 aromatic carbocycles. The molecule has 0 amide bonds. The molecule has 0 unspecified atom stereocenters. The number of hydrogen-bond acceptors (Lipinski definition) is 3. The lowest BCUT2D eigenvalue weighted by Gasteiger charge is -2.06. The Morgan fingerprint density at radius 2 is 1.78 bits per heavy atom. The summed E-state index contributed by atoms with van der Waals surface area (Å²) < 4.78 is 39.7. The van der Waals surface area contributed by atoms with Crippen LogP contribution < -0.4 is 5.32 Å². The molecular formula is C12H10F3N3. The molecule has 2 aromatic rings. The van der Waals surface area contributed by atoms with Crippen molar-refractivity contribution in [3.63, 3.8) is 0 Å². The van der Waals surface area contributed by atoms with E-state index in [-0.39, 0.29) is 17.2 Å². The molecule has 1 N–H and O–H groups in total. The first kappa shape index (κ1) is 12.3. The van der Waals surface area contributed by atoms with Crippen molar-refractivity contribution in [2.75, 3.05) is 11.9 Å². The molecule has 3 nitrogen and oxygen atoms in total. The molecular weight excluding hydrogens is 243 g/mol. The highest BCUT2D eigenvalue weighted by atomic mass is 19.1. The van der Waals surface area contributed by atoms with Crippen molar-refractivity contribution in [2.24, 2.45) is 0 Å². The van der Waals surface area contributed by atoms with Gasteiger partial charge in [-0.15, -0.1) is 0 Å². The zero-order chi connectivity index (χ0) is 13.1. The Labute approximate surface area is 102 Å². The number of hydrogen-bond donors (Lipinski definition) is 1. The Bertz CT molecular complexity index is 552. The summed E-state index contributed by atoms with van der Waals surface area (Å²) in [5, 5.41) is 2.80. The summed E-state index contributed by atoms with van der Waals surface area (Å²) in [7, 11) is 0. The third-order valence-electron chi connectivity index (χ3n) is 2.21. The lowest BCUT2D eigenvalue weighted by Crippen LogP contribution is -2.04. The van der Waals surface area contributed by atoms with Gasteiger partial charge in [-0.25, -0.2) is 23.1 Å². The fourth-order valence-corrected chi connectivity index (χ4v) is 1.50. The van der Waals surface area contributed by atoms with Gasteiger partial charge in [0.15, 0.2) is 5.82 Å². The van der Waals surface area contributed by atoms with Crippen molar-refractivity contribution in [2.45, 2.75) is 6.92 Å². The van der Waals surface area contributed by atoms with Crippen molar-refractivity contribution in [3.8, 4) is 11.3 Å². The summed E-state index contributed by atoms with van der Waals surface area (Å²) in [6, 6.07) is 2.75. The molecule has 0 aliphatic heterocycles. The monoisotopic (exact) mass is 253 g/mol. The second-order valence-electron chi connectivity index (χ2n) is 3.58. The van der Waals surface area contributed by atoms with Crippen LogP contribution >= 0.6 is 0 Å². The van der Waals surface area contributed by atoms with Gasteiger partial charge in [-0.2, -0.15) is 0 Å². The molecule has 0 radical (unpaired) electrons. The maximum atomic E-state index is 13.6. The number of nitrogens with zero attached hydrogens (tertiary/aromatic N) is 2. The minimum absolute atomic E-state index is 0.0338. The average molecular weight is 253 g/mol. The van der Waals surface area contributed by atoms with Gasteiger partial charge in [0.05, 0.1) is 6.20 Å². The first-order valence-electron chi connectivity index (χ1n) is 5.33. The maximum Gasteiger partial charge on any atom is 0.223 e. The lowest BCUT2D eigenvalue weighted by molar-refractivity contribution is 0.582. The predicted molar refractivity (Wildman–Crippen MR) is 61.5 cm³/mol. The predicted octanol–water partition coefficient (Wildman–Crippen LogP) is 2.99. The summed E-state index contributed by atoms with van der Waals surface area (Å²) in [6.07, 6.45) is 0.961. The van der Waals surface area contributed by atoms with E-state index in [1.165, 1.54) is 0 Å². The molecule has 1 aromatic heterocycles. The average Bonchev–Trinajstić information content (AvgIpc) is 2.30. The van der Waals surface area contributed by atoms with Gasteiger partial charge in [-0.1, -0.05) is 0 Å². The fourth-order valence-electron chi connectivity index (χ4n) is 1.50. The van der Waals surface area contributed by atoms with E-state index in [1.807, 2.05) is 6.92 Å². The molecule has 18 heavy (non-hydrogen) atoms. The lowest BCUT2D eigenvalue weighted by atomic mass is 10.1. The van der Waals surface area contributed by atoms with Crippen LogP contribution in [0.15, 0.2) is 24.4 Å². The highest BCUT2D eigenvalue weighted by Gasteiger charge is 2.11. The third-order valence-corrected chi connectivity index (χ3v) is 2.21. The second-order valence-corrected chi connectivity index (χ2v) is 3.58. The van der Waals surface area contributed by atoms with Crippen molar-refractivity contribution in [1.29, 1.82) is 0 Å². The van der Waals surface area contributed by atoms with Crippen molar-refractivity contribution in [1.82, 2.24) is 9.97 Å². The Hall–Kier alpha value is -2.11. The van der Waals surface area contributed by atoms with E-state index in [0.29, 0.717) is 12.6 Å². The summed E-state index contributed by atoms with van der Waals surface area (Å²) >= 11 is 0. The van der Waals surface area contributed by atoms with E-state index in [1.54, 1.807) is 0 Å². The van der Waals surface area contributed by atoms with Gasteiger partial charge in [-0.05, 0) is 19.1 Å². The van der Waals surface area contributed by atoms with Crippen molar-refractivity contribution in [3.05, 3.63) is 41.8 Å². The molecule has 0 bridgehead atoms. The molecule has 0 saturated heterocycles. The van der Waals surface area contributed by atoms with E-state index in [0.717, 1.165) is 18.3 Å². The maximum absolute atomic E-state index is 13.6. The van der Waals surface area contributed by atoms with E-state index >= 15 is 0 Å². The number of anilines is 1. The number of nitrogens with one attached hydrogen (secondary N) is 1. The summed E-state index contributed by atoms with van der Waals surface area (Å²) in [4.78, 5) is 7.60. The first-order chi connectivity index (χ1) is 8.60. The van der Waals surface area contributed by atoms with Gasteiger partial charge in [0.2, 0.25) is 5.95 Å². The van der Waals surface area contributed by atoms with E-state index in [9.17, 15) is 13.2 Å². The molecule has 0 aliphatic carbocycles. The van der Waals surface area contributed by atoms with E-state index in [4.69, 9.17) is 0 Å². The molecule has 0 atom stereocenters. The van der Waals surface area contributed by atoms with Gasteiger partial charge in [-0.3, -0.25) is 0 Å². The zero-order valence-corrected chi connectivity index (χ0v) is 9.54. The highest BCUT2D eigenvalue weighted by molar-refractivity contribution is 5.60. The third kappa shape index (κ3) is 2.58. The smallest absolute Gasteiger partial charge is 0.223 e. The largest absolute Gasteiger partial charge is 0.354 e. The van der Waals surface area contributed by atoms with Crippen LogP contribution in [0, 0.1) is 17.5 Å². The van der Waals surface area contributed by atoms with Crippen LogP contribution in [0.25, 0.3) is 11.3 Å².